The Hall–Kier alpha value is -3.42. The Labute approximate surface area is 172 Å². The van der Waals surface area contributed by atoms with Crippen LogP contribution in [-0.4, -0.2) is 5.91 Å². The largest absolute Gasteiger partial charge is 0.464 e. The summed E-state index contributed by atoms with van der Waals surface area (Å²) < 4.78 is 20.2. The zero-order chi connectivity index (χ0) is 21.8. The maximum absolute atomic E-state index is 14.5. The Bertz CT molecular complexity index is 1230. The molecule has 0 spiro atoms. The van der Waals surface area contributed by atoms with E-state index in [2.05, 4.69) is 16.0 Å². The van der Waals surface area contributed by atoms with Gasteiger partial charge in [0.15, 0.2) is 0 Å². The van der Waals surface area contributed by atoms with Crippen LogP contribution >= 0.6 is 0 Å². The molecule has 2 heterocycles. The molecule has 8 heteroatoms. The van der Waals surface area contributed by atoms with Gasteiger partial charge in [-0.15, -0.1) is 0 Å². The van der Waals surface area contributed by atoms with Gasteiger partial charge in [-0.3, -0.25) is 14.4 Å². The fourth-order valence-electron chi connectivity index (χ4n) is 3.65. The molecule has 2 aromatic carbocycles. The zero-order valence-electron chi connectivity index (χ0n) is 17.1. The van der Waals surface area contributed by atoms with Crippen LogP contribution in [0, 0.1) is 18.2 Å². The summed E-state index contributed by atoms with van der Waals surface area (Å²) in [5.74, 6) is 0.222. The highest BCUT2D eigenvalue weighted by Crippen LogP contribution is 2.38. The number of rotatable bonds is 5. The first-order valence-electron chi connectivity index (χ1n) is 9.60. The Balaban J connectivity index is 1.72. The fourth-order valence-corrected chi connectivity index (χ4v) is 3.65. The summed E-state index contributed by atoms with van der Waals surface area (Å²) >= 11 is 0. The van der Waals surface area contributed by atoms with E-state index in [1.165, 1.54) is 12.1 Å². The number of amides is 1. The highest BCUT2D eigenvalue weighted by atomic mass is 19.1. The average molecular weight is 411 g/mol. The second kappa shape index (κ2) is 6.83. The van der Waals surface area contributed by atoms with Crippen LogP contribution in [-0.2, 0) is 6.54 Å². The van der Waals surface area contributed by atoms with Gasteiger partial charge in [0.25, 0.3) is 16.8 Å². The standard InChI is InChI=1S/C22H22FN3O4/c1-10-5-8-13(30-10)20(22(2,3)4)26-17-16(18(27)19(17)28)25-15-12(23)7-6-11-9-24-21(29)14(11)15/h5-8,20,25-26H,9H2,1-4H3,(H,24,29)/t20-/m0/s1. The molecule has 1 aliphatic rings. The molecule has 0 saturated heterocycles. The number of halogens is 1. The molecule has 0 unspecified atom stereocenters. The number of carbonyl (C=O) groups is 1. The van der Waals surface area contributed by atoms with E-state index < -0.39 is 28.6 Å². The van der Waals surface area contributed by atoms with Gasteiger partial charge < -0.3 is 20.4 Å². The van der Waals surface area contributed by atoms with E-state index in [1.807, 2.05) is 39.8 Å². The van der Waals surface area contributed by atoms with Crippen LogP contribution in [0.1, 0.15) is 54.3 Å². The van der Waals surface area contributed by atoms with Crippen molar-refractivity contribution in [1.82, 2.24) is 5.32 Å². The second-order valence-electron chi connectivity index (χ2n) is 8.56. The number of aryl methyl sites for hydroxylation is 1. The molecule has 4 rings (SSSR count). The van der Waals surface area contributed by atoms with E-state index in [-0.39, 0.29) is 34.6 Å². The molecular formula is C22H22FN3O4. The Morgan fingerprint density at radius 2 is 1.73 bits per heavy atom. The summed E-state index contributed by atoms with van der Waals surface area (Å²) in [5.41, 5.74) is -1.20. The number of nitrogens with one attached hydrogen (secondary N) is 3. The monoisotopic (exact) mass is 411 g/mol. The number of fused-ring (bicyclic) bond motifs is 1. The molecule has 0 aliphatic carbocycles. The second-order valence-corrected chi connectivity index (χ2v) is 8.56. The number of hydrogen-bond acceptors (Lipinski definition) is 6. The number of carbonyl (C=O) groups excluding carboxylic acids is 1. The SMILES string of the molecule is Cc1ccc([C@H](Nc2c(Nc3c(F)ccc4c3C(=O)NC4)c(=O)c2=O)C(C)(C)C)o1. The van der Waals surface area contributed by atoms with Gasteiger partial charge in [-0.2, -0.15) is 0 Å². The summed E-state index contributed by atoms with van der Waals surface area (Å²) in [6.07, 6.45) is 0. The fraction of sp³-hybridized carbons (Fsp3) is 0.318. The quantitative estimate of drug-likeness (QED) is 0.556. The lowest BCUT2D eigenvalue weighted by atomic mass is 9.85. The van der Waals surface area contributed by atoms with Crippen LogP contribution in [0.15, 0.2) is 38.3 Å². The van der Waals surface area contributed by atoms with Crippen molar-refractivity contribution in [2.45, 2.75) is 40.3 Å². The average Bonchev–Trinajstić information content (AvgIpc) is 3.27. The highest BCUT2D eigenvalue weighted by molar-refractivity contribution is 6.04. The normalized spacial score (nSPS) is 14.5. The van der Waals surface area contributed by atoms with E-state index in [1.54, 1.807) is 0 Å². The van der Waals surface area contributed by atoms with Crippen molar-refractivity contribution in [3.63, 3.8) is 0 Å². The summed E-state index contributed by atoms with van der Waals surface area (Å²) in [7, 11) is 0. The third kappa shape index (κ3) is 3.18. The maximum atomic E-state index is 14.5. The van der Waals surface area contributed by atoms with Crippen LogP contribution in [0.4, 0.5) is 21.5 Å². The predicted octanol–water partition coefficient (Wildman–Crippen LogP) is 3.51. The number of anilines is 3. The van der Waals surface area contributed by atoms with Gasteiger partial charge in [-0.05, 0) is 36.1 Å². The molecule has 1 atom stereocenters. The highest BCUT2D eigenvalue weighted by Gasteiger charge is 2.34. The van der Waals surface area contributed by atoms with Crippen LogP contribution < -0.4 is 26.8 Å². The van der Waals surface area contributed by atoms with Gasteiger partial charge in [0, 0.05) is 6.54 Å². The van der Waals surface area contributed by atoms with E-state index in [4.69, 9.17) is 4.42 Å². The van der Waals surface area contributed by atoms with Crippen molar-refractivity contribution < 1.29 is 13.6 Å². The molecular weight excluding hydrogens is 389 g/mol. The molecule has 1 amide bonds. The number of hydrogen-bond donors (Lipinski definition) is 3. The molecule has 1 aromatic heterocycles. The molecule has 156 valence electrons. The lowest BCUT2D eigenvalue weighted by Gasteiger charge is -2.31. The van der Waals surface area contributed by atoms with E-state index in [9.17, 15) is 18.8 Å². The lowest BCUT2D eigenvalue weighted by Crippen LogP contribution is -2.39. The van der Waals surface area contributed by atoms with Crippen molar-refractivity contribution in [1.29, 1.82) is 0 Å². The molecule has 3 N–H and O–H groups in total. The van der Waals surface area contributed by atoms with Crippen LogP contribution in [0.5, 0.6) is 0 Å². The summed E-state index contributed by atoms with van der Waals surface area (Å²) in [5, 5.41) is 8.43. The van der Waals surface area contributed by atoms with E-state index >= 15 is 0 Å². The molecule has 30 heavy (non-hydrogen) atoms. The minimum absolute atomic E-state index is 0.0457. The Morgan fingerprint density at radius 1 is 1.03 bits per heavy atom. The first-order valence-corrected chi connectivity index (χ1v) is 9.60. The lowest BCUT2D eigenvalue weighted by molar-refractivity contribution is 0.0966. The van der Waals surface area contributed by atoms with Crippen molar-refractivity contribution in [2.24, 2.45) is 5.41 Å². The van der Waals surface area contributed by atoms with E-state index in [0.29, 0.717) is 11.3 Å². The van der Waals surface area contributed by atoms with Gasteiger partial charge in [0.2, 0.25) is 0 Å². The molecule has 1 aliphatic heterocycles. The van der Waals surface area contributed by atoms with Gasteiger partial charge in [0.1, 0.15) is 28.7 Å². The molecule has 0 fully saturated rings. The van der Waals surface area contributed by atoms with Gasteiger partial charge in [-0.25, -0.2) is 4.39 Å². The van der Waals surface area contributed by atoms with Gasteiger partial charge in [-0.1, -0.05) is 26.8 Å². The number of furan rings is 1. The van der Waals surface area contributed by atoms with Crippen molar-refractivity contribution in [2.75, 3.05) is 10.6 Å². The van der Waals surface area contributed by atoms with Gasteiger partial charge in [0.05, 0.1) is 17.3 Å². The summed E-state index contributed by atoms with van der Waals surface area (Å²) in [6.45, 7) is 8.00. The van der Waals surface area contributed by atoms with Crippen molar-refractivity contribution in [3.05, 3.63) is 73.2 Å². The molecule has 7 nitrogen and oxygen atoms in total. The van der Waals surface area contributed by atoms with Crippen LogP contribution in [0.2, 0.25) is 0 Å². The van der Waals surface area contributed by atoms with Crippen LogP contribution in [0.25, 0.3) is 0 Å². The first kappa shape index (κ1) is 19.9. The summed E-state index contributed by atoms with van der Waals surface area (Å²) in [4.78, 5) is 36.8. The van der Waals surface area contributed by atoms with Crippen molar-refractivity contribution in [3.8, 4) is 0 Å². The molecule has 3 aromatic rings. The topological polar surface area (TPSA) is 100 Å². The zero-order valence-corrected chi connectivity index (χ0v) is 17.1. The summed E-state index contributed by atoms with van der Waals surface area (Å²) in [6, 6.07) is 5.96. The third-order valence-corrected chi connectivity index (χ3v) is 5.27. The van der Waals surface area contributed by atoms with E-state index in [0.717, 1.165) is 5.76 Å². The van der Waals surface area contributed by atoms with Crippen molar-refractivity contribution >= 4 is 23.0 Å². The minimum Gasteiger partial charge on any atom is -0.464 e. The smallest absolute Gasteiger partial charge is 0.254 e. The minimum atomic E-state index is -0.767. The van der Waals surface area contributed by atoms with Crippen LogP contribution in [0.3, 0.4) is 0 Å². The first-order chi connectivity index (χ1) is 14.1. The predicted molar refractivity (Wildman–Crippen MR) is 111 cm³/mol. The van der Waals surface area contributed by atoms with Gasteiger partial charge >= 0.3 is 0 Å². The molecule has 0 bridgehead atoms. The number of benzene rings is 1. The Morgan fingerprint density at radius 3 is 2.37 bits per heavy atom. The Kier molecular flexibility index (Phi) is 4.52. The molecule has 0 radical (unpaired) electrons. The third-order valence-electron chi connectivity index (χ3n) is 5.27. The molecule has 0 saturated carbocycles. The maximum Gasteiger partial charge on any atom is 0.254 e.